The molecule has 4 heteroatoms. The Balaban J connectivity index is 3.44. The first-order chi connectivity index (χ1) is 6.43. The van der Waals surface area contributed by atoms with Crippen molar-refractivity contribution >= 4 is 11.5 Å². The van der Waals surface area contributed by atoms with Gasteiger partial charge in [-0.05, 0) is 31.5 Å². The van der Waals surface area contributed by atoms with Gasteiger partial charge >= 0.3 is 0 Å². The summed E-state index contributed by atoms with van der Waals surface area (Å²) in [5.74, 6) is -0.363. The van der Waals surface area contributed by atoms with E-state index in [4.69, 9.17) is 5.73 Å². The molecule has 0 saturated carbocycles. The van der Waals surface area contributed by atoms with Crippen LogP contribution >= 0.6 is 0 Å². The van der Waals surface area contributed by atoms with E-state index < -0.39 is 6.43 Å². The third-order valence-electron chi connectivity index (χ3n) is 1.98. The fourth-order valence-electron chi connectivity index (χ4n) is 1.50. The molecule has 0 unspecified atom stereocenters. The third-order valence-corrected chi connectivity index (χ3v) is 1.98. The van der Waals surface area contributed by atoms with E-state index in [1.807, 2.05) is 0 Å². The molecule has 1 aromatic rings. The molecule has 0 spiro atoms. The summed E-state index contributed by atoms with van der Waals surface area (Å²) in [5.41, 5.74) is 5.96. The number of alkyl halides is 2. The van der Waals surface area contributed by atoms with Crippen LogP contribution in [0.4, 0.5) is 14.5 Å². The first kappa shape index (κ1) is 10.6. The lowest BCUT2D eigenvalue weighted by Crippen LogP contribution is -2.04. The summed E-state index contributed by atoms with van der Waals surface area (Å²) in [6, 6.07) is 2.66. The molecule has 0 aliphatic carbocycles. The van der Waals surface area contributed by atoms with Gasteiger partial charge in [0.15, 0.2) is 5.78 Å². The average molecular weight is 199 g/mol. The number of halogens is 2. The van der Waals surface area contributed by atoms with Crippen LogP contribution in [0.15, 0.2) is 12.1 Å². The van der Waals surface area contributed by atoms with Gasteiger partial charge in [0.1, 0.15) is 0 Å². The van der Waals surface area contributed by atoms with Crippen LogP contribution in [0.25, 0.3) is 0 Å². The van der Waals surface area contributed by atoms with Crippen molar-refractivity contribution in [2.75, 3.05) is 5.73 Å². The predicted octanol–water partition coefficient (Wildman–Crippen LogP) is 2.72. The van der Waals surface area contributed by atoms with Crippen molar-refractivity contribution in [3.63, 3.8) is 0 Å². The lowest BCUT2D eigenvalue weighted by Gasteiger charge is -2.10. The van der Waals surface area contributed by atoms with Crippen molar-refractivity contribution in [1.29, 1.82) is 0 Å². The maximum atomic E-state index is 12.5. The van der Waals surface area contributed by atoms with Gasteiger partial charge in [-0.1, -0.05) is 0 Å². The maximum absolute atomic E-state index is 12.5. The molecule has 1 rings (SSSR count). The predicted molar refractivity (Wildman–Crippen MR) is 50.6 cm³/mol. The van der Waals surface area contributed by atoms with Crippen LogP contribution in [0.2, 0.25) is 0 Å². The number of carbonyl (C=O) groups excluding carboxylic acids is 1. The van der Waals surface area contributed by atoms with Crippen molar-refractivity contribution in [2.45, 2.75) is 20.3 Å². The van der Waals surface area contributed by atoms with Crippen LogP contribution in [0.3, 0.4) is 0 Å². The maximum Gasteiger partial charge on any atom is 0.264 e. The number of aryl methyl sites for hydroxylation is 1. The van der Waals surface area contributed by atoms with Crippen molar-refractivity contribution in [3.8, 4) is 0 Å². The summed E-state index contributed by atoms with van der Waals surface area (Å²) >= 11 is 0. The molecule has 0 aliphatic heterocycles. The monoisotopic (exact) mass is 199 g/mol. The highest BCUT2D eigenvalue weighted by molar-refractivity contribution is 5.97. The minimum Gasteiger partial charge on any atom is -0.399 e. The van der Waals surface area contributed by atoms with Crippen LogP contribution in [-0.2, 0) is 0 Å². The van der Waals surface area contributed by atoms with Crippen LogP contribution in [0.1, 0.15) is 34.8 Å². The Morgan fingerprint density at radius 2 is 2.00 bits per heavy atom. The molecular formula is C10H11F2NO. The molecule has 2 N–H and O–H groups in total. The molecule has 14 heavy (non-hydrogen) atoms. The van der Waals surface area contributed by atoms with Gasteiger partial charge < -0.3 is 5.73 Å². The van der Waals surface area contributed by atoms with Crippen molar-refractivity contribution in [1.82, 2.24) is 0 Å². The molecule has 0 fully saturated rings. The van der Waals surface area contributed by atoms with Gasteiger partial charge in [0.2, 0.25) is 0 Å². The van der Waals surface area contributed by atoms with Gasteiger partial charge in [0, 0.05) is 16.8 Å². The number of carbonyl (C=O) groups is 1. The first-order valence-corrected chi connectivity index (χ1v) is 4.12. The van der Waals surface area contributed by atoms with Crippen LogP contribution in [-0.4, -0.2) is 5.78 Å². The Kier molecular flexibility index (Phi) is 2.84. The van der Waals surface area contributed by atoms with E-state index >= 15 is 0 Å². The van der Waals surface area contributed by atoms with E-state index in [9.17, 15) is 13.6 Å². The van der Waals surface area contributed by atoms with Crippen LogP contribution < -0.4 is 5.73 Å². The Bertz CT molecular complexity index is 375. The van der Waals surface area contributed by atoms with E-state index in [1.54, 1.807) is 6.92 Å². The molecule has 76 valence electrons. The second-order valence-corrected chi connectivity index (χ2v) is 3.16. The number of anilines is 1. The fraction of sp³-hybridized carbons (Fsp3) is 0.300. The Labute approximate surface area is 80.7 Å². The molecule has 0 bridgehead atoms. The van der Waals surface area contributed by atoms with E-state index in [0.717, 1.165) is 6.07 Å². The van der Waals surface area contributed by atoms with Gasteiger partial charge in [-0.2, -0.15) is 0 Å². The number of hydrogen-bond donors (Lipinski definition) is 1. The number of nitrogen functional groups attached to an aromatic ring is 1. The molecule has 0 saturated heterocycles. The standard InChI is InChI=1S/C10H11F2NO/c1-5-3-7(13)4-8(10(11)12)9(5)6(2)14/h3-4,10H,13H2,1-2H3. The molecule has 0 heterocycles. The third kappa shape index (κ3) is 1.89. The summed E-state index contributed by atoms with van der Waals surface area (Å²) in [4.78, 5) is 11.1. The largest absolute Gasteiger partial charge is 0.399 e. The summed E-state index contributed by atoms with van der Waals surface area (Å²) < 4.78 is 25.1. The average Bonchev–Trinajstić information content (AvgIpc) is 2.01. The highest BCUT2D eigenvalue weighted by atomic mass is 19.3. The van der Waals surface area contributed by atoms with Gasteiger partial charge in [0.25, 0.3) is 6.43 Å². The molecular weight excluding hydrogens is 188 g/mol. The molecule has 1 aromatic carbocycles. The number of hydrogen-bond acceptors (Lipinski definition) is 2. The zero-order valence-corrected chi connectivity index (χ0v) is 7.97. The SMILES string of the molecule is CC(=O)c1c(C)cc(N)cc1C(F)F. The second kappa shape index (κ2) is 3.74. The van der Waals surface area contributed by atoms with Crippen molar-refractivity contribution in [3.05, 3.63) is 28.8 Å². The lowest BCUT2D eigenvalue weighted by atomic mass is 9.98. The van der Waals surface area contributed by atoms with E-state index in [-0.39, 0.29) is 22.6 Å². The number of benzene rings is 1. The molecule has 0 radical (unpaired) electrons. The number of nitrogens with two attached hydrogens (primary N) is 1. The zero-order chi connectivity index (χ0) is 10.9. The molecule has 2 nitrogen and oxygen atoms in total. The lowest BCUT2D eigenvalue weighted by molar-refractivity contribution is 0.0998. The fourth-order valence-corrected chi connectivity index (χ4v) is 1.50. The molecule has 0 amide bonds. The Morgan fingerprint density at radius 3 is 2.43 bits per heavy atom. The molecule has 0 atom stereocenters. The van der Waals surface area contributed by atoms with Gasteiger partial charge in [-0.15, -0.1) is 0 Å². The zero-order valence-electron chi connectivity index (χ0n) is 7.97. The molecule has 0 aliphatic rings. The van der Waals surface area contributed by atoms with Crippen molar-refractivity contribution in [2.24, 2.45) is 0 Å². The Hall–Kier alpha value is -1.45. The second-order valence-electron chi connectivity index (χ2n) is 3.16. The summed E-state index contributed by atoms with van der Waals surface area (Å²) in [5, 5.41) is 0. The van der Waals surface area contributed by atoms with Gasteiger partial charge in [-0.3, -0.25) is 4.79 Å². The normalized spacial score (nSPS) is 10.6. The number of ketones is 1. The van der Waals surface area contributed by atoms with Gasteiger partial charge in [0.05, 0.1) is 0 Å². The molecule has 0 aromatic heterocycles. The quantitative estimate of drug-likeness (QED) is 0.587. The topological polar surface area (TPSA) is 43.1 Å². The smallest absolute Gasteiger partial charge is 0.264 e. The summed E-state index contributed by atoms with van der Waals surface area (Å²) in [6.07, 6.45) is -2.67. The highest BCUT2D eigenvalue weighted by Gasteiger charge is 2.18. The highest BCUT2D eigenvalue weighted by Crippen LogP contribution is 2.28. The van der Waals surface area contributed by atoms with E-state index in [1.165, 1.54) is 13.0 Å². The van der Waals surface area contributed by atoms with E-state index in [2.05, 4.69) is 0 Å². The minimum absolute atomic E-state index is 0.0780. The number of Topliss-reactive ketones (excluding diaryl/α,β-unsaturated/α-hetero) is 1. The summed E-state index contributed by atoms with van der Waals surface area (Å²) in [6.45, 7) is 2.86. The van der Waals surface area contributed by atoms with E-state index in [0.29, 0.717) is 5.56 Å². The number of rotatable bonds is 2. The van der Waals surface area contributed by atoms with Crippen LogP contribution in [0, 0.1) is 6.92 Å². The minimum atomic E-state index is -2.67. The first-order valence-electron chi connectivity index (χ1n) is 4.12. The summed E-state index contributed by atoms with van der Waals surface area (Å²) in [7, 11) is 0. The van der Waals surface area contributed by atoms with Gasteiger partial charge in [-0.25, -0.2) is 8.78 Å². The Morgan fingerprint density at radius 1 is 1.43 bits per heavy atom. The van der Waals surface area contributed by atoms with Crippen molar-refractivity contribution < 1.29 is 13.6 Å². The van der Waals surface area contributed by atoms with Crippen LogP contribution in [0.5, 0.6) is 0 Å².